The Bertz CT molecular complexity index is 1140. The summed E-state index contributed by atoms with van der Waals surface area (Å²) < 4.78 is 20.3. The van der Waals surface area contributed by atoms with Gasteiger partial charge in [-0.3, -0.25) is 9.59 Å². The van der Waals surface area contributed by atoms with Crippen molar-refractivity contribution in [1.29, 1.82) is 0 Å². The Labute approximate surface area is 207 Å². The Kier molecular flexibility index (Phi) is 8.99. The van der Waals surface area contributed by atoms with Crippen molar-refractivity contribution in [3.8, 4) is 11.5 Å². The van der Waals surface area contributed by atoms with Gasteiger partial charge < -0.3 is 29.6 Å². The summed E-state index contributed by atoms with van der Waals surface area (Å²) in [6, 6.07) is 19.0. The van der Waals surface area contributed by atoms with E-state index in [0.29, 0.717) is 22.9 Å². The van der Waals surface area contributed by atoms with Gasteiger partial charge in [-0.15, -0.1) is 0 Å². The molecule has 0 spiro atoms. The molecule has 0 unspecified atom stereocenters. The number of nitrogens with one attached hydrogen (secondary N) is 2. The van der Waals surface area contributed by atoms with Crippen molar-refractivity contribution < 1.29 is 38.1 Å². The number of anilines is 2. The Balaban J connectivity index is 1.46. The monoisotopic (exact) mass is 492 g/mol. The highest BCUT2D eigenvalue weighted by Gasteiger charge is 2.15. The van der Waals surface area contributed by atoms with E-state index in [4.69, 9.17) is 18.9 Å². The molecule has 0 heterocycles. The molecule has 36 heavy (non-hydrogen) atoms. The van der Waals surface area contributed by atoms with Crippen molar-refractivity contribution in [2.75, 3.05) is 38.1 Å². The fourth-order valence-corrected chi connectivity index (χ4v) is 3.04. The van der Waals surface area contributed by atoms with Crippen LogP contribution in [0.3, 0.4) is 0 Å². The van der Waals surface area contributed by atoms with Gasteiger partial charge in [0.15, 0.2) is 13.2 Å². The molecule has 0 aliphatic carbocycles. The van der Waals surface area contributed by atoms with Crippen LogP contribution in [0.15, 0.2) is 72.8 Å². The van der Waals surface area contributed by atoms with Gasteiger partial charge in [0.2, 0.25) is 0 Å². The summed E-state index contributed by atoms with van der Waals surface area (Å²) in [5.74, 6) is -1.64. The van der Waals surface area contributed by atoms with E-state index in [-0.39, 0.29) is 11.1 Å². The van der Waals surface area contributed by atoms with Crippen molar-refractivity contribution in [1.82, 2.24) is 0 Å². The van der Waals surface area contributed by atoms with Crippen LogP contribution in [0.2, 0.25) is 0 Å². The largest absolute Gasteiger partial charge is 0.495 e. The van der Waals surface area contributed by atoms with Crippen molar-refractivity contribution in [2.24, 2.45) is 0 Å². The normalized spacial score (nSPS) is 10.1. The lowest BCUT2D eigenvalue weighted by Crippen LogP contribution is -2.21. The molecule has 3 aromatic carbocycles. The quantitative estimate of drug-likeness (QED) is 0.413. The summed E-state index contributed by atoms with van der Waals surface area (Å²) in [6.07, 6.45) is 0. The molecule has 3 aromatic rings. The van der Waals surface area contributed by atoms with Crippen LogP contribution in [-0.2, 0) is 19.1 Å². The van der Waals surface area contributed by atoms with E-state index in [0.717, 1.165) is 0 Å². The smallest absolute Gasteiger partial charge is 0.338 e. The number of hydrogen-bond acceptors (Lipinski definition) is 8. The van der Waals surface area contributed by atoms with Crippen LogP contribution in [0.25, 0.3) is 0 Å². The highest BCUT2D eigenvalue weighted by atomic mass is 16.5. The molecular formula is C26H24N2O8. The topological polar surface area (TPSA) is 129 Å². The zero-order valence-electron chi connectivity index (χ0n) is 19.6. The van der Waals surface area contributed by atoms with Crippen LogP contribution in [0.4, 0.5) is 11.4 Å². The molecule has 0 atom stereocenters. The van der Waals surface area contributed by atoms with E-state index < -0.39 is 37.0 Å². The van der Waals surface area contributed by atoms with Crippen LogP contribution in [-0.4, -0.2) is 51.2 Å². The Hall–Kier alpha value is -4.86. The van der Waals surface area contributed by atoms with Crippen LogP contribution < -0.4 is 20.1 Å². The first-order valence-electron chi connectivity index (χ1n) is 10.7. The molecule has 10 heteroatoms. The third-order valence-corrected chi connectivity index (χ3v) is 4.79. The average Bonchev–Trinajstić information content (AvgIpc) is 2.91. The van der Waals surface area contributed by atoms with E-state index in [9.17, 15) is 19.2 Å². The molecule has 186 valence electrons. The molecular weight excluding hydrogens is 468 g/mol. The Morgan fingerprint density at radius 3 is 1.31 bits per heavy atom. The van der Waals surface area contributed by atoms with Crippen molar-refractivity contribution >= 4 is 35.1 Å². The molecule has 2 amide bonds. The summed E-state index contributed by atoms with van der Waals surface area (Å²) in [5, 5.41) is 5.19. The summed E-state index contributed by atoms with van der Waals surface area (Å²) >= 11 is 0. The number of hydrogen-bond donors (Lipinski definition) is 2. The minimum absolute atomic E-state index is 0.130. The van der Waals surface area contributed by atoms with Gasteiger partial charge in [-0.25, -0.2) is 9.59 Å². The van der Waals surface area contributed by atoms with Gasteiger partial charge in [0.25, 0.3) is 11.8 Å². The van der Waals surface area contributed by atoms with E-state index in [1.165, 1.54) is 38.5 Å². The standard InChI is InChI=1S/C26H24N2O8/c1-33-21-9-5-3-7-19(21)27-23(29)15-35-25(31)17-11-13-18(14-12-17)26(32)36-16-24(30)28-20-8-4-6-10-22(20)34-2/h3-14H,15-16H2,1-2H3,(H,27,29)(H,28,30). The fourth-order valence-electron chi connectivity index (χ4n) is 3.04. The summed E-state index contributed by atoms with van der Waals surface area (Å²) in [7, 11) is 2.95. The third kappa shape index (κ3) is 7.07. The Morgan fingerprint density at radius 1 is 0.583 bits per heavy atom. The molecule has 0 bridgehead atoms. The molecule has 0 radical (unpaired) electrons. The van der Waals surface area contributed by atoms with Gasteiger partial charge in [0.05, 0.1) is 36.7 Å². The number of benzene rings is 3. The maximum atomic E-state index is 12.2. The van der Waals surface area contributed by atoms with Crippen molar-refractivity contribution in [3.05, 3.63) is 83.9 Å². The molecule has 10 nitrogen and oxygen atoms in total. The molecule has 0 aliphatic heterocycles. The van der Waals surface area contributed by atoms with E-state index in [1.54, 1.807) is 48.5 Å². The van der Waals surface area contributed by atoms with Crippen LogP contribution in [0, 0.1) is 0 Å². The average molecular weight is 492 g/mol. The first-order chi connectivity index (χ1) is 17.4. The van der Waals surface area contributed by atoms with E-state index in [2.05, 4.69) is 10.6 Å². The number of ether oxygens (including phenoxy) is 4. The summed E-state index contributed by atoms with van der Waals surface area (Å²) in [5.41, 5.74) is 1.15. The molecule has 0 fully saturated rings. The fraction of sp³-hybridized carbons (Fsp3) is 0.154. The van der Waals surface area contributed by atoms with Crippen molar-refractivity contribution in [3.63, 3.8) is 0 Å². The van der Waals surface area contributed by atoms with Gasteiger partial charge in [0.1, 0.15) is 11.5 Å². The number of carbonyl (C=O) groups is 4. The van der Waals surface area contributed by atoms with Gasteiger partial charge >= 0.3 is 11.9 Å². The summed E-state index contributed by atoms with van der Waals surface area (Å²) in [6.45, 7) is -1.02. The lowest BCUT2D eigenvalue weighted by Gasteiger charge is -2.10. The zero-order valence-corrected chi connectivity index (χ0v) is 19.6. The van der Waals surface area contributed by atoms with Crippen LogP contribution >= 0.6 is 0 Å². The number of rotatable bonds is 10. The summed E-state index contributed by atoms with van der Waals surface area (Å²) in [4.78, 5) is 48.7. The Morgan fingerprint density at radius 2 is 0.944 bits per heavy atom. The number of methoxy groups -OCH3 is 2. The predicted molar refractivity (Wildman–Crippen MR) is 130 cm³/mol. The SMILES string of the molecule is COc1ccccc1NC(=O)COC(=O)c1ccc(C(=O)OCC(=O)Nc2ccccc2OC)cc1. The highest BCUT2D eigenvalue weighted by Crippen LogP contribution is 2.23. The third-order valence-electron chi connectivity index (χ3n) is 4.79. The van der Waals surface area contributed by atoms with Gasteiger partial charge in [-0.2, -0.15) is 0 Å². The van der Waals surface area contributed by atoms with Gasteiger partial charge in [-0.05, 0) is 48.5 Å². The van der Waals surface area contributed by atoms with Crippen molar-refractivity contribution in [2.45, 2.75) is 0 Å². The maximum absolute atomic E-state index is 12.2. The second-order valence-electron chi connectivity index (χ2n) is 7.23. The lowest BCUT2D eigenvalue weighted by molar-refractivity contribution is -0.119. The first-order valence-corrected chi connectivity index (χ1v) is 10.7. The predicted octanol–water partition coefficient (Wildman–Crippen LogP) is 3.29. The van der Waals surface area contributed by atoms with E-state index >= 15 is 0 Å². The molecule has 0 saturated carbocycles. The lowest BCUT2D eigenvalue weighted by atomic mass is 10.1. The molecule has 0 aliphatic rings. The second kappa shape index (κ2) is 12.6. The van der Waals surface area contributed by atoms with E-state index in [1.807, 2.05) is 0 Å². The maximum Gasteiger partial charge on any atom is 0.338 e. The first kappa shape index (κ1) is 25.8. The number of amides is 2. The number of para-hydroxylation sites is 4. The minimum Gasteiger partial charge on any atom is -0.495 e. The molecule has 0 saturated heterocycles. The minimum atomic E-state index is -0.749. The second-order valence-corrected chi connectivity index (χ2v) is 7.23. The molecule has 3 rings (SSSR count). The zero-order chi connectivity index (χ0) is 25.9. The van der Waals surface area contributed by atoms with Gasteiger partial charge in [-0.1, -0.05) is 24.3 Å². The highest BCUT2D eigenvalue weighted by molar-refractivity contribution is 5.98. The molecule has 0 aromatic heterocycles. The number of carbonyl (C=O) groups excluding carboxylic acids is 4. The number of esters is 2. The van der Waals surface area contributed by atoms with Gasteiger partial charge in [0, 0.05) is 0 Å². The molecule has 2 N–H and O–H groups in total. The van der Waals surface area contributed by atoms with Crippen LogP contribution in [0.5, 0.6) is 11.5 Å². The van der Waals surface area contributed by atoms with Crippen LogP contribution in [0.1, 0.15) is 20.7 Å².